The Balaban J connectivity index is 2.00. The highest BCUT2D eigenvalue weighted by molar-refractivity contribution is 9.10. The molecule has 2 rings (SSSR count). The van der Waals surface area contributed by atoms with Crippen molar-refractivity contribution in [1.29, 1.82) is 0 Å². The van der Waals surface area contributed by atoms with Gasteiger partial charge in [0.15, 0.2) is 5.78 Å². The minimum absolute atomic E-state index is 0.0781. The molecule has 0 bridgehead atoms. The second-order valence-electron chi connectivity index (χ2n) is 5.66. The van der Waals surface area contributed by atoms with Crippen molar-refractivity contribution < 1.29 is 14.0 Å². The van der Waals surface area contributed by atoms with E-state index in [2.05, 4.69) is 15.9 Å². The lowest BCUT2D eigenvalue weighted by atomic mass is 9.89. The van der Waals surface area contributed by atoms with Gasteiger partial charge >= 0.3 is 0 Å². The van der Waals surface area contributed by atoms with E-state index in [1.165, 1.54) is 6.07 Å². The van der Waals surface area contributed by atoms with E-state index in [0.29, 0.717) is 24.0 Å². The van der Waals surface area contributed by atoms with E-state index >= 15 is 0 Å². The predicted octanol–water partition coefficient (Wildman–Crippen LogP) is 3.73. The van der Waals surface area contributed by atoms with Crippen LogP contribution in [0, 0.1) is 18.7 Å². The number of hydrogen-bond donors (Lipinski definition) is 0. The van der Waals surface area contributed by atoms with Crippen LogP contribution in [0.25, 0.3) is 0 Å². The lowest BCUT2D eigenvalue weighted by molar-refractivity contribution is -0.130. The zero-order chi connectivity index (χ0) is 15.6. The van der Waals surface area contributed by atoms with Gasteiger partial charge in [0.25, 0.3) is 0 Å². The Bertz CT molecular complexity index is 566. The Morgan fingerprint density at radius 1 is 1.33 bits per heavy atom. The smallest absolute Gasteiger partial charge is 0.219 e. The Morgan fingerprint density at radius 2 is 1.95 bits per heavy atom. The summed E-state index contributed by atoms with van der Waals surface area (Å²) in [6, 6.07) is 2.95. The summed E-state index contributed by atoms with van der Waals surface area (Å²) in [5.74, 6) is -0.311. The van der Waals surface area contributed by atoms with Crippen LogP contribution in [-0.4, -0.2) is 29.7 Å². The highest BCUT2D eigenvalue weighted by atomic mass is 79.9. The van der Waals surface area contributed by atoms with E-state index in [0.717, 1.165) is 18.4 Å². The number of likely N-dealkylation sites (tertiary alicyclic amines) is 1. The number of aryl methyl sites for hydroxylation is 1. The fraction of sp³-hybridized carbons (Fsp3) is 0.500. The van der Waals surface area contributed by atoms with Gasteiger partial charge in [-0.25, -0.2) is 4.39 Å². The second kappa shape index (κ2) is 6.69. The maximum absolute atomic E-state index is 13.9. The van der Waals surface area contributed by atoms with E-state index in [1.54, 1.807) is 17.9 Å². The molecule has 0 aromatic heterocycles. The summed E-state index contributed by atoms with van der Waals surface area (Å²) in [5.41, 5.74) is 1.02. The van der Waals surface area contributed by atoms with E-state index in [4.69, 9.17) is 0 Å². The number of carbonyl (C=O) groups excluding carboxylic acids is 2. The molecule has 3 nitrogen and oxygen atoms in total. The van der Waals surface area contributed by atoms with Crippen molar-refractivity contribution in [3.63, 3.8) is 0 Å². The summed E-state index contributed by atoms with van der Waals surface area (Å²) >= 11 is 3.26. The third-order valence-electron chi connectivity index (χ3n) is 4.08. The lowest BCUT2D eigenvalue weighted by Crippen LogP contribution is -2.37. The molecule has 1 aliphatic heterocycles. The first-order valence-corrected chi connectivity index (χ1v) is 7.92. The van der Waals surface area contributed by atoms with Crippen LogP contribution in [0.15, 0.2) is 16.6 Å². The van der Waals surface area contributed by atoms with Gasteiger partial charge in [0.05, 0.1) is 5.56 Å². The lowest BCUT2D eigenvalue weighted by Gasteiger charge is -2.31. The van der Waals surface area contributed by atoms with Crippen LogP contribution in [0.4, 0.5) is 4.39 Å². The summed E-state index contributed by atoms with van der Waals surface area (Å²) in [6.07, 6.45) is 1.97. The molecule has 0 radical (unpaired) electrons. The molecule has 0 N–H and O–H groups in total. The fourth-order valence-corrected chi connectivity index (χ4v) is 3.01. The summed E-state index contributed by atoms with van der Waals surface area (Å²) < 4.78 is 14.6. The third-order valence-corrected chi connectivity index (χ3v) is 4.94. The van der Waals surface area contributed by atoms with Crippen molar-refractivity contribution in [2.75, 3.05) is 13.1 Å². The monoisotopic (exact) mass is 355 g/mol. The van der Waals surface area contributed by atoms with Gasteiger partial charge in [-0.05, 0) is 43.4 Å². The van der Waals surface area contributed by atoms with Crippen molar-refractivity contribution in [2.24, 2.45) is 5.92 Å². The molecule has 114 valence electrons. The zero-order valence-corrected chi connectivity index (χ0v) is 13.9. The van der Waals surface area contributed by atoms with Crippen LogP contribution in [0.5, 0.6) is 0 Å². The first-order valence-electron chi connectivity index (χ1n) is 7.13. The average molecular weight is 356 g/mol. The summed E-state index contributed by atoms with van der Waals surface area (Å²) in [4.78, 5) is 25.3. The second-order valence-corrected chi connectivity index (χ2v) is 6.51. The molecule has 0 aliphatic carbocycles. The molecule has 1 aliphatic rings. The Morgan fingerprint density at radius 3 is 2.52 bits per heavy atom. The van der Waals surface area contributed by atoms with Gasteiger partial charge in [0, 0.05) is 30.9 Å². The van der Waals surface area contributed by atoms with Gasteiger partial charge in [-0.15, -0.1) is 0 Å². The number of halogens is 2. The largest absolute Gasteiger partial charge is 0.343 e. The van der Waals surface area contributed by atoms with Crippen LogP contribution >= 0.6 is 15.9 Å². The molecule has 1 aromatic rings. The number of Topliss-reactive ketones (excluding diaryl/α,β-unsaturated/α-hetero) is 1. The predicted molar refractivity (Wildman–Crippen MR) is 82.8 cm³/mol. The molecular formula is C16H19BrFNO2. The molecule has 21 heavy (non-hydrogen) atoms. The number of nitrogens with zero attached hydrogens (tertiary/aromatic N) is 1. The van der Waals surface area contributed by atoms with Gasteiger partial charge in [0.2, 0.25) is 5.91 Å². The van der Waals surface area contributed by atoms with Crippen molar-refractivity contribution in [3.8, 4) is 0 Å². The van der Waals surface area contributed by atoms with Crippen LogP contribution in [0.1, 0.15) is 42.1 Å². The van der Waals surface area contributed by atoms with Gasteiger partial charge in [-0.1, -0.05) is 15.9 Å². The van der Waals surface area contributed by atoms with Crippen molar-refractivity contribution in [1.82, 2.24) is 4.90 Å². The first kappa shape index (κ1) is 16.1. The van der Waals surface area contributed by atoms with Gasteiger partial charge in [-0.2, -0.15) is 0 Å². The van der Waals surface area contributed by atoms with E-state index < -0.39 is 5.82 Å². The number of carbonyl (C=O) groups is 2. The van der Waals surface area contributed by atoms with Crippen LogP contribution < -0.4 is 0 Å². The average Bonchev–Trinajstić information content (AvgIpc) is 2.43. The number of piperidine rings is 1. The number of amides is 1. The Hall–Kier alpha value is -1.23. The maximum atomic E-state index is 13.9. The molecule has 1 amide bonds. The highest BCUT2D eigenvalue weighted by Crippen LogP contribution is 2.26. The topological polar surface area (TPSA) is 37.4 Å². The molecule has 1 fully saturated rings. The number of rotatable bonds is 3. The molecular weight excluding hydrogens is 337 g/mol. The Kier molecular flexibility index (Phi) is 5.14. The number of hydrogen-bond acceptors (Lipinski definition) is 2. The van der Waals surface area contributed by atoms with Crippen LogP contribution in [-0.2, 0) is 4.79 Å². The van der Waals surface area contributed by atoms with Gasteiger partial charge in [-0.3, -0.25) is 9.59 Å². The van der Waals surface area contributed by atoms with Crippen molar-refractivity contribution in [3.05, 3.63) is 33.5 Å². The molecule has 1 heterocycles. The number of ketones is 1. The normalized spacial score (nSPS) is 16.1. The number of benzene rings is 1. The standard InChI is InChI=1S/C16H19BrFNO2/c1-10-7-13(15(18)9-14(10)17)16(21)8-12-3-5-19(6-4-12)11(2)20/h7,9,12H,3-6,8H2,1-2H3. The SMILES string of the molecule is CC(=O)N1CCC(CC(=O)c2cc(C)c(Br)cc2F)CC1. The van der Waals surface area contributed by atoms with E-state index in [9.17, 15) is 14.0 Å². The minimum Gasteiger partial charge on any atom is -0.343 e. The summed E-state index contributed by atoms with van der Waals surface area (Å²) in [7, 11) is 0. The summed E-state index contributed by atoms with van der Waals surface area (Å²) in [5, 5.41) is 0. The first-order chi connectivity index (χ1) is 9.88. The maximum Gasteiger partial charge on any atom is 0.219 e. The Labute approximate surface area is 132 Å². The van der Waals surface area contributed by atoms with Gasteiger partial charge in [0.1, 0.15) is 5.82 Å². The zero-order valence-electron chi connectivity index (χ0n) is 12.3. The molecule has 0 unspecified atom stereocenters. The molecule has 5 heteroatoms. The molecule has 0 saturated carbocycles. The molecule has 0 spiro atoms. The fourth-order valence-electron chi connectivity index (χ4n) is 2.70. The van der Waals surface area contributed by atoms with Gasteiger partial charge < -0.3 is 4.90 Å². The van der Waals surface area contributed by atoms with Crippen molar-refractivity contribution in [2.45, 2.75) is 33.1 Å². The molecule has 1 saturated heterocycles. The third kappa shape index (κ3) is 3.90. The van der Waals surface area contributed by atoms with E-state index in [1.807, 2.05) is 6.92 Å². The van der Waals surface area contributed by atoms with E-state index in [-0.39, 0.29) is 23.2 Å². The van der Waals surface area contributed by atoms with Crippen LogP contribution in [0.2, 0.25) is 0 Å². The molecule has 0 atom stereocenters. The van der Waals surface area contributed by atoms with Crippen LogP contribution in [0.3, 0.4) is 0 Å². The summed E-state index contributed by atoms with van der Waals surface area (Å²) in [6.45, 7) is 4.78. The quantitative estimate of drug-likeness (QED) is 0.774. The highest BCUT2D eigenvalue weighted by Gasteiger charge is 2.24. The molecule has 1 aromatic carbocycles. The minimum atomic E-state index is -0.473. The van der Waals surface area contributed by atoms with Crippen molar-refractivity contribution >= 4 is 27.6 Å².